The normalized spacial score (nSPS) is 11.5. The fourth-order valence-electron chi connectivity index (χ4n) is 2.23. The lowest BCUT2D eigenvalue weighted by Crippen LogP contribution is -2.31. The Hall–Kier alpha value is -2.53. The van der Waals surface area contributed by atoms with Crippen molar-refractivity contribution in [3.8, 4) is 5.75 Å². The van der Waals surface area contributed by atoms with Gasteiger partial charge in [-0.05, 0) is 44.2 Å². The van der Waals surface area contributed by atoms with Crippen LogP contribution < -0.4 is 10.1 Å². The zero-order valence-electron chi connectivity index (χ0n) is 14.1. The van der Waals surface area contributed by atoms with E-state index in [4.69, 9.17) is 21.1 Å². The molecule has 0 radical (unpaired) electrons. The van der Waals surface area contributed by atoms with Crippen molar-refractivity contribution in [1.82, 2.24) is 5.32 Å². The topological polar surface area (TPSA) is 64.6 Å². The molecule has 0 heterocycles. The van der Waals surface area contributed by atoms with Crippen LogP contribution in [0.25, 0.3) is 0 Å². The summed E-state index contributed by atoms with van der Waals surface area (Å²) in [6, 6.07) is 13.8. The largest absolute Gasteiger partial charge is 0.494 e. The lowest BCUT2D eigenvalue weighted by molar-refractivity contribution is -0.147. The number of halogens is 1. The van der Waals surface area contributed by atoms with Gasteiger partial charge < -0.3 is 14.8 Å². The Kier molecular flexibility index (Phi) is 6.83. The average Bonchev–Trinajstić information content (AvgIpc) is 2.61. The molecule has 1 amide bonds. The first kappa shape index (κ1) is 18.8. The van der Waals surface area contributed by atoms with Gasteiger partial charge in [-0.1, -0.05) is 29.8 Å². The summed E-state index contributed by atoms with van der Waals surface area (Å²) in [4.78, 5) is 24.0. The van der Waals surface area contributed by atoms with Crippen LogP contribution >= 0.6 is 11.6 Å². The molecule has 6 heteroatoms. The fraction of sp³-hybridized carbons (Fsp3) is 0.263. The predicted molar refractivity (Wildman–Crippen MR) is 95.9 cm³/mol. The highest BCUT2D eigenvalue weighted by atomic mass is 35.5. The Labute approximate surface area is 151 Å². The minimum Gasteiger partial charge on any atom is -0.494 e. The van der Waals surface area contributed by atoms with Gasteiger partial charge in [0.1, 0.15) is 18.4 Å². The van der Waals surface area contributed by atoms with Crippen molar-refractivity contribution in [3.63, 3.8) is 0 Å². The maximum Gasteiger partial charge on any atom is 0.326 e. The second-order valence-electron chi connectivity index (χ2n) is 5.29. The van der Waals surface area contributed by atoms with Gasteiger partial charge >= 0.3 is 5.97 Å². The quantitative estimate of drug-likeness (QED) is 0.762. The Morgan fingerprint density at radius 1 is 1.12 bits per heavy atom. The van der Waals surface area contributed by atoms with Crippen molar-refractivity contribution < 1.29 is 19.1 Å². The van der Waals surface area contributed by atoms with Crippen LogP contribution in [0.1, 0.15) is 35.9 Å². The lowest BCUT2D eigenvalue weighted by Gasteiger charge is -2.15. The van der Waals surface area contributed by atoms with Gasteiger partial charge in [0.2, 0.25) is 0 Å². The molecule has 0 unspecified atom stereocenters. The fourth-order valence-corrected chi connectivity index (χ4v) is 2.52. The molecular formula is C19H20ClNO4. The van der Waals surface area contributed by atoms with E-state index in [2.05, 4.69) is 5.32 Å². The molecule has 1 N–H and O–H groups in total. The summed E-state index contributed by atoms with van der Waals surface area (Å²) in [6.45, 7) is 3.95. The summed E-state index contributed by atoms with van der Waals surface area (Å²) >= 11 is 6.07. The van der Waals surface area contributed by atoms with Gasteiger partial charge in [0.05, 0.1) is 6.61 Å². The van der Waals surface area contributed by atoms with E-state index in [1.54, 1.807) is 49.4 Å². The second kappa shape index (κ2) is 9.08. The smallest absolute Gasteiger partial charge is 0.326 e. The molecule has 0 saturated carbocycles. The van der Waals surface area contributed by atoms with E-state index in [1.165, 1.54) is 0 Å². The first-order chi connectivity index (χ1) is 12.0. The molecule has 2 rings (SSSR count). The van der Waals surface area contributed by atoms with Gasteiger partial charge in [-0.2, -0.15) is 0 Å². The Morgan fingerprint density at radius 3 is 2.44 bits per heavy atom. The van der Waals surface area contributed by atoms with Gasteiger partial charge in [0.25, 0.3) is 5.91 Å². The molecule has 0 aliphatic rings. The van der Waals surface area contributed by atoms with Crippen molar-refractivity contribution in [3.05, 3.63) is 64.7 Å². The third-order valence-corrected chi connectivity index (χ3v) is 3.82. The van der Waals surface area contributed by atoms with Crippen molar-refractivity contribution in [2.45, 2.75) is 20.0 Å². The monoisotopic (exact) mass is 361 g/mol. The zero-order chi connectivity index (χ0) is 18.2. The maximum atomic E-state index is 12.0. The first-order valence-electron chi connectivity index (χ1n) is 7.96. The maximum absolute atomic E-state index is 12.0. The molecule has 0 saturated heterocycles. The van der Waals surface area contributed by atoms with Gasteiger partial charge in [-0.3, -0.25) is 9.59 Å². The highest BCUT2D eigenvalue weighted by molar-refractivity contribution is 6.31. The first-order valence-corrected chi connectivity index (χ1v) is 8.34. The molecule has 25 heavy (non-hydrogen) atoms. The van der Waals surface area contributed by atoms with E-state index in [0.29, 0.717) is 22.9 Å². The summed E-state index contributed by atoms with van der Waals surface area (Å²) in [5.41, 5.74) is 1.16. The molecule has 1 atom stereocenters. The number of ether oxygens (including phenoxy) is 2. The summed E-state index contributed by atoms with van der Waals surface area (Å²) in [5, 5.41) is 3.06. The van der Waals surface area contributed by atoms with Crippen LogP contribution in [0.15, 0.2) is 48.5 Å². The summed E-state index contributed by atoms with van der Waals surface area (Å²) in [7, 11) is 0. The SMILES string of the molecule is CCOc1ccc(C(=O)NCC(=O)O[C@H](C)c2ccccc2Cl)cc1. The van der Waals surface area contributed by atoms with E-state index in [1.807, 2.05) is 13.0 Å². The number of carbonyl (C=O) groups excluding carboxylic acids is 2. The molecule has 0 aliphatic carbocycles. The highest BCUT2D eigenvalue weighted by Crippen LogP contribution is 2.24. The van der Waals surface area contributed by atoms with Crippen molar-refractivity contribution in [1.29, 1.82) is 0 Å². The Morgan fingerprint density at radius 2 is 1.80 bits per heavy atom. The number of esters is 1. The van der Waals surface area contributed by atoms with Crippen LogP contribution in [0, 0.1) is 0 Å². The van der Waals surface area contributed by atoms with Crippen molar-refractivity contribution in [2.75, 3.05) is 13.2 Å². The van der Waals surface area contributed by atoms with Crippen molar-refractivity contribution in [2.24, 2.45) is 0 Å². The average molecular weight is 362 g/mol. The number of rotatable bonds is 7. The van der Waals surface area contributed by atoms with Crippen LogP contribution in [0.5, 0.6) is 5.75 Å². The van der Waals surface area contributed by atoms with Crippen LogP contribution in [0.2, 0.25) is 5.02 Å². The number of benzene rings is 2. The highest BCUT2D eigenvalue weighted by Gasteiger charge is 2.15. The van der Waals surface area contributed by atoms with Crippen LogP contribution in [0.4, 0.5) is 0 Å². The number of amides is 1. The van der Waals surface area contributed by atoms with E-state index >= 15 is 0 Å². The standard InChI is InChI=1S/C19H20ClNO4/c1-3-24-15-10-8-14(9-11-15)19(23)21-12-18(22)25-13(2)16-6-4-5-7-17(16)20/h4-11,13H,3,12H2,1-2H3,(H,21,23)/t13-/m1/s1. The van der Waals surface area contributed by atoms with Crippen LogP contribution in [0.3, 0.4) is 0 Å². The van der Waals surface area contributed by atoms with Crippen LogP contribution in [-0.4, -0.2) is 25.0 Å². The zero-order valence-corrected chi connectivity index (χ0v) is 14.9. The Balaban J connectivity index is 1.84. The number of nitrogens with one attached hydrogen (secondary N) is 1. The molecular weight excluding hydrogens is 342 g/mol. The molecule has 0 aromatic heterocycles. The minimum atomic E-state index is -0.535. The third kappa shape index (κ3) is 5.50. The lowest BCUT2D eigenvalue weighted by atomic mass is 10.1. The summed E-state index contributed by atoms with van der Waals surface area (Å²) in [5.74, 6) is -0.205. The van der Waals surface area contributed by atoms with Gasteiger partial charge in [0, 0.05) is 16.1 Å². The van der Waals surface area contributed by atoms with E-state index in [9.17, 15) is 9.59 Å². The molecule has 0 aliphatic heterocycles. The Bertz CT molecular complexity index is 730. The molecule has 0 spiro atoms. The molecule has 0 bridgehead atoms. The number of hydrogen-bond donors (Lipinski definition) is 1. The van der Waals surface area contributed by atoms with Gasteiger partial charge in [-0.25, -0.2) is 0 Å². The number of hydrogen-bond acceptors (Lipinski definition) is 4. The predicted octanol–water partition coefficient (Wildman–Crippen LogP) is 3.77. The molecule has 2 aromatic carbocycles. The van der Waals surface area contributed by atoms with Crippen LogP contribution in [-0.2, 0) is 9.53 Å². The summed E-state index contributed by atoms with van der Waals surface area (Å²) in [6.07, 6.45) is -0.497. The number of carbonyl (C=O) groups is 2. The van der Waals surface area contributed by atoms with E-state index < -0.39 is 12.1 Å². The minimum absolute atomic E-state index is 0.221. The molecule has 2 aromatic rings. The van der Waals surface area contributed by atoms with Gasteiger partial charge in [0.15, 0.2) is 0 Å². The second-order valence-corrected chi connectivity index (χ2v) is 5.70. The van der Waals surface area contributed by atoms with E-state index in [0.717, 1.165) is 5.56 Å². The molecule has 132 valence electrons. The molecule has 5 nitrogen and oxygen atoms in total. The third-order valence-electron chi connectivity index (χ3n) is 3.47. The van der Waals surface area contributed by atoms with E-state index in [-0.39, 0.29) is 12.5 Å². The van der Waals surface area contributed by atoms with Crippen molar-refractivity contribution >= 4 is 23.5 Å². The summed E-state index contributed by atoms with van der Waals surface area (Å²) < 4.78 is 10.6. The molecule has 0 fully saturated rings. The van der Waals surface area contributed by atoms with Gasteiger partial charge in [-0.15, -0.1) is 0 Å².